The first-order chi connectivity index (χ1) is 8.72. The van der Waals surface area contributed by atoms with Crippen LogP contribution in [0, 0.1) is 0 Å². The first-order valence-corrected chi connectivity index (χ1v) is 6.67. The fourth-order valence-corrected chi connectivity index (χ4v) is 3.33. The van der Waals surface area contributed by atoms with E-state index in [2.05, 4.69) is 66.6 Å². The van der Waals surface area contributed by atoms with Gasteiger partial charge in [0.25, 0.3) is 0 Å². The normalized spacial score (nSPS) is 26.5. The number of nitrogens with zero attached hydrogens (tertiary/aromatic N) is 2. The molecule has 0 saturated heterocycles. The minimum absolute atomic E-state index is 0.402. The minimum Gasteiger partial charge on any atom is -0.357 e. The van der Waals surface area contributed by atoms with Crippen LogP contribution in [0.25, 0.3) is 0 Å². The summed E-state index contributed by atoms with van der Waals surface area (Å²) in [5.41, 5.74) is 4.17. The molecule has 2 aliphatic rings. The Morgan fingerprint density at radius 1 is 1.28 bits per heavy atom. The highest BCUT2D eigenvalue weighted by molar-refractivity contribution is 5.61. The van der Waals surface area contributed by atoms with Crippen molar-refractivity contribution in [3.05, 3.63) is 41.7 Å². The Hall–Kier alpha value is -1.48. The van der Waals surface area contributed by atoms with Gasteiger partial charge in [-0.1, -0.05) is 18.2 Å². The van der Waals surface area contributed by atoms with Gasteiger partial charge in [0.2, 0.25) is 0 Å². The van der Waals surface area contributed by atoms with Crippen LogP contribution in [0.4, 0.5) is 5.69 Å². The first kappa shape index (κ1) is 11.6. The van der Waals surface area contributed by atoms with Crippen LogP contribution in [0.5, 0.6) is 0 Å². The zero-order valence-electron chi connectivity index (χ0n) is 11.4. The number of nitrogens with one attached hydrogen (secondary N) is 1. The second-order valence-electron chi connectivity index (χ2n) is 5.28. The molecule has 0 aromatic heterocycles. The maximum atomic E-state index is 3.48. The van der Waals surface area contributed by atoms with Gasteiger partial charge in [-0.2, -0.15) is 0 Å². The van der Waals surface area contributed by atoms with Gasteiger partial charge in [0.05, 0.1) is 0 Å². The van der Waals surface area contributed by atoms with Crippen molar-refractivity contribution in [2.45, 2.75) is 32.0 Å². The smallest absolute Gasteiger partial charge is 0.121 e. The summed E-state index contributed by atoms with van der Waals surface area (Å²) in [6, 6.07) is 9.29. The molecule has 0 amide bonds. The Balaban J connectivity index is 2.10. The Bertz CT molecular complexity index is 480. The van der Waals surface area contributed by atoms with Crippen LogP contribution in [-0.2, 0) is 6.42 Å². The van der Waals surface area contributed by atoms with Crippen LogP contribution < -0.4 is 10.2 Å². The number of aryl methyl sites for hydroxylation is 1. The Morgan fingerprint density at radius 2 is 2.06 bits per heavy atom. The van der Waals surface area contributed by atoms with Gasteiger partial charge in [0.1, 0.15) is 6.17 Å². The molecular formula is C15H21N3. The van der Waals surface area contributed by atoms with E-state index in [0.717, 1.165) is 6.42 Å². The number of allylic oxidation sites excluding steroid dienone is 1. The lowest BCUT2D eigenvalue weighted by molar-refractivity contribution is 0.277. The van der Waals surface area contributed by atoms with Crippen molar-refractivity contribution in [3.63, 3.8) is 0 Å². The van der Waals surface area contributed by atoms with Crippen molar-refractivity contribution in [1.82, 2.24) is 10.2 Å². The maximum absolute atomic E-state index is 3.48. The Kier molecular flexibility index (Phi) is 2.78. The fourth-order valence-electron chi connectivity index (χ4n) is 3.33. The summed E-state index contributed by atoms with van der Waals surface area (Å²) in [4.78, 5) is 4.81. The number of para-hydroxylation sites is 1. The third-order valence-corrected chi connectivity index (χ3v) is 4.16. The van der Waals surface area contributed by atoms with Crippen LogP contribution in [0.3, 0.4) is 0 Å². The third kappa shape index (κ3) is 1.62. The van der Waals surface area contributed by atoms with Gasteiger partial charge < -0.3 is 15.1 Å². The second-order valence-corrected chi connectivity index (χ2v) is 5.28. The predicted octanol–water partition coefficient (Wildman–Crippen LogP) is 2.16. The van der Waals surface area contributed by atoms with Crippen LogP contribution >= 0.6 is 0 Å². The van der Waals surface area contributed by atoms with E-state index in [1.807, 2.05) is 0 Å². The number of hydrogen-bond donors (Lipinski definition) is 1. The van der Waals surface area contributed by atoms with Crippen molar-refractivity contribution >= 4 is 5.69 Å². The molecule has 96 valence electrons. The molecule has 0 saturated carbocycles. The van der Waals surface area contributed by atoms with E-state index in [9.17, 15) is 0 Å². The molecule has 1 aromatic rings. The van der Waals surface area contributed by atoms with Gasteiger partial charge in [-0.25, -0.2) is 0 Å². The molecule has 3 nitrogen and oxygen atoms in total. The third-order valence-electron chi connectivity index (χ3n) is 4.16. The van der Waals surface area contributed by atoms with Crippen LogP contribution in [0.1, 0.15) is 18.9 Å². The molecule has 0 fully saturated rings. The van der Waals surface area contributed by atoms with Crippen LogP contribution in [-0.4, -0.2) is 31.2 Å². The summed E-state index contributed by atoms with van der Waals surface area (Å²) in [6.45, 7) is 2.20. The molecule has 18 heavy (non-hydrogen) atoms. The summed E-state index contributed by atoms with van der Waals surface area (Å²) in [6.07, 6.45) is 4.98. The quantitative estimate of drug-likeness (QED) is 0.815. The average Bonchev–Trinajstić information content (AvgIpc) is 2.59. The molecule has 0 bridgehead atoms. The summed E-state index contributed by atoms with van der Waals surface area (Å²) < 4.78 is 0. The lowest BCUT2D eigenvalue weighted by atomic mass is 10.1. The Morgan fingerprint density at radius 3 is 2.83 bits per heavy atom. The maximum Gasteiger partial charge on any atom is 0.121 e. The number of rotatable bonds is 1. The zero-order valence-corrected chi connectivity index (χ0v) is 11.4. The largest absolute Gasteiger partial charge is 0.357 e. The van der Waals surface area contributed by atoms with E-state index >= 15 is 0 Å². The lowest BCUT2D eigenvalue weighted by Gasteiger charge is -2.36. The molecule has 1 N–H and O–H groups in total. The van der Waals surface area contributed by atoms with E-state index in [0.29, 0.717) is 12.2 Å². The van der Waals surface area contributed by atoms with Crippen molar-refractivity contribution in [2.24, 2.45) is 0 Å². The molecule has 3 rings (SSSR count). The highest BCUT2D eigenvalue weighted by Gasteiger charge is 2.37. The molecular weight excluding hydrogens is 222 g/mol. The van der Waals surface area contributed by atoms with Gasteiger partial charge in [-0.3, -0.25) is 0 Å². The van der Waals surface area contributed by atoms with Gasteiger partial charge in [-0.15, -0.1) is 0 Å². The Labute approximate surface area is 109 Å². The molecule has 2 atom stereocenters. The summed E-state index contributed by atoms with van der Waals surface area (Å²) in [5, 5.41) is 3.48. The topological polar surface area (TPSA) is 18.5 Å². The highest BCUT2D eigenvalue weighted by atomic mass is 15.4. The van der Waals surface area contributed by atoms with Gasteiger partial charge in [0.15, 0.2) is 0 Å². The van der Waals surface area contributed by atoms with Crippen LogP contribution in [0.15, 0.2) is 36.2 Å². The van der Waals surface area contributed by atoms with Crippen molar-refractivity contribution in [3.8, 4) is 0 Å². The number of anilines is 1. The molecule has 2 unspecified atom stereocenters. The van der Waals surface area contributed by atoms with E-state index in [1.54, 1.807) is 0 Å². The standard InChI is InChI=1S/C15H21N3/c1-11-10-17(3)15-13(16-2)9-8-12-6-4-5-7-14(12)18(11)15/h4-7,10,13,15-16H,8-9H2,1-3H3. The number of fused-ring (bicyclic) bond motifs is 3. The SMILES string of the molecule is CNC1CCc2ccccc2N2C(C)=CN(C)C12. The number of hydrogen-bond acceptors (Lipinski definition) is 3. The molecule has 0 spiro atoms. The molecule has 2 aliphatic heterocycles. The summed E-state index contributed by atoms with van der Waals surface area (Å²) in [5.74, 6) is 0. The lowest BCUT2D eigenvalue weighted by Crippen LogP contribution is -2.51. The highest BCUT2D eigenvalue weighted by Crippen LogP contribution is 2.36. The summed E-state index contributed by atoms with van der Waals surface area (Å²) >= 11 is 0. The molecule has 0 aliphatic carbocycles. The second kappa shape index (κ2) is 4.32. The van der Waals surface area contributed by atoms with E-state index in [-0.39, 0.29) is 0 Å². The molecule has 1 aromatic carbocycles. The van der Waals surface area contributed by atoms with Gasteiger partial charge in [-0.05, 0) is 38.4 Å². The molecule has 2 heterocycles. The van der Waals surface area contributed by atoms with E-state index < -0.39 is 0 Å². The first-order valence-electron chi connectivity index (χ1n) is 6.67. The van der Waals surface area contributed by atoms with E-state index in [4.69, 9.17) is 0 Å². The number of likely N-dealkylation sites (N-methyl/N-ethyl adjacent to an activating group) is 2. The fraction of sp³-hybridized carbons (Fsp3) is 0.467. The van der Waals surface area contributed by atoms with Gasteiger partial charge >= 0.3 is 0 Å². The van der Waals surface area contributed by atoms with Crippen molar-refractivity contribution in [1.29, 1.82) is 0 Å². The number of benzene rings is 1. The summed E-state index contributed by atoms with van der Waals surface area (Å²) in [7, 11) is 4.24. The predicted molar refractivity (Wildman–Crippen MR) is 75.4 cm³/mol. The minimum atomic E-state index is 0.402. The zero-order chi connectivity index (χ0) is 12.7. The molecule has 3 heteroatoms. The average molecular weight is 243 g/mol. The van der Waals surface area contributed by atoms with Gasteiger partial charge in [0, 0.05) is 30.7 Å². The van der Waals surface area contributed by atoms with Crippen molar-refractivity contribution in [2.75, 3.05) is 19.0 Å². The monoisotopic (exact) mass is 243 g/mol. The molecule has 0 radical (unpaired) electrons. The van der Waals surface area contributed by atoms with E-state index in [1.165, 1.54) is 23.4 Å². The van der Waals surface area contributed by atoms with Crippen molar-refractivity contribution < 1.29 is 0 Å². The van der Waals surface area contributed by atoms with Crippen LogP contribution in [0.2, 0.25) is 0 Å².